The van der Waals surface area contributed by atoms with Crippen LogP contribution in [0.2, 0.25) is 0 Å². The SMILES string of the molecule is CSc1nc(C)c(CCC(C)=O)c(=O)n1C. The quantitative estimate of drug-likeness (QED) is 0.588. The van der Waals surface area contributed by atoms with Crippen molar-refractivity contribution in [3.63, 3.8) is 0 Å². The van der Waals surface area contributed by atoms with E-state index in [2.05, 4.69) is 4.98 Å². The number of hydrogen-bond donors (Lipinski definition) is 0. The predicted octanol–water partition coefficient (Wildman–Crippen LogP) is 1.33. The van der Waals surface area contributed by atoms with Crippen LogP contribution < -0.4 is 5.56 Å². The fraction of sp³-hybridized carbons (Fsp3) is 0.545. The van der Waals surface area contributed by atoms with Crippen molar-refractivity contribution in [2.45, 2.75) is 31.8 Å². The highest BCUT2D eigenvalue weighted by Crippen LogP contribution is 2.11. The highest BCUT2D eigenvalue weighted by molar-refractivity contribution is 7.98. The number of aryl methyl sites for hydroxylation is 1. The van der Waals surface area contributed by atoms with Gasteiger partial charge in [0.25, 0.3) is 5.56 Å². The van der Waals surface area contributed by atoms with Crippen LogP contribution in [-0.2, 0) is 18.3 Å². The van der Waals surface area contributed by atoms with Gasteiger partial charge >= 0.3 is 0 Å². The first-order valence-corrected chi connectivity index (χ1v) is 6.29. The van der Waals surface area contributed by atoms with Crippen molar-refractivity contribution in [2.75, 3.05) is 6.26 Å². The van der Waals surface area contributed by atoms with Gasteiger partial charge in [-0.1, -0.05) is 11.8 Å². The molecule has 0 fully saturated rings. The second-order valence-corrected chi connectivity index (χ2v) is 4.50. The Bertz CT molecular complexity index is 466. The van der Waals surface area contributed by atoms with Crippen LogP contribution in [0.5, 0.6) is 0 Å². The lowest BCUT2D eigenvalue weighted by Crippen LogP contribution is -2.25. The van der Waals surface area contributed by atoms with E-state index in [0.29, 0.717) is 23.6 Å². The van der Waals surface area contributed by atoms with Gasteiger partial charge in [0.2, 0.25) is 0 Å². The maximum absolute atomic E-state index is 12.0. The fourth-order valence-corrected chi connectivity index (χ4v) is 2.09. The topological polar surface area (TPSA) is 52.0 Å². The molecular formula is C11H16N2O2S. The van der Waals surface area contributed by atoms with Crippen LogP contribution in [0.25, 0.3) is 0 Å². The van der Waals surface area contributed by atoms with Crippen LogP contribution in [0.1, 0.15) is 24.6 Å². The lowest BCUT2D eigenvalue weighted by atomic mass is 10.1. The molecule has 0 spiro atoms. The third-order valence-corrected chi connectivity index (χ3v) is 3.19. The molecule has 0 saturated heterocycles. The molecule has 1 heterocycles. The van der Waals surface area contributed by atoms with E-state index < -0.39 is 0 Å². The van der Waals surface area contributed by atoms with Crippen molar-refractivity contribution in [2.24, 2.45) is 7.05 Å². The van der Waals surface area contributed by atoms with Crippen molar-refractivity contribution >= 4 is 17.5 Å². The molecule has 0 aliphatic carbocycles. The minimum atomic E-state index is -0.0434. The summed E-state index contributed by atoms with van der Waals surface area (Å²) in [7, 11) is 1.71. The third kappa shape index (κ3) is 2.72. The van der Waals surface area contributed by atoms with Gasteiger partial charge in [0, 0.05) is 24.7 Å². The molecule has 88 valence electrons. The number of nitrogens with zero attached hydrogens (tertiary/aromatic N) is 2. The zero-order valence-corrected chi connectivity index (χ0v) is 10.8. The van der Waals surface area contributed by atoms with Crippen LogP contribution in [0, 0.1) is 6.92 Å². The van der Waals surface area contributed by atoms with E-state index >= 15 is 0 Å². The lowest BCUT2D eigenvalue weighted by molar-refractivity contribution is -0.116. The van der Waals surface area contributed by atoms with Gasteiger partial charge in [-0.2, -0.15) is 0 Å². The molecule has 0 aromatic carbocycles. The van der Waals surface area contributed by atoms with Crippen LogP contribution in [-0.4, -0.2) is 21.6 Å². The van der Waals surface area contributed by atoms with Gasteiger partial charge in [-0.05, 0) is 26.5 Å². The molecular weight excluding hydrogens is 224 g/mol. The van der Waals surface area contributed by atoms with E-state index in [9.17, 15) is 9.59 Å². The maximum atomic E-state index is 12.0. The Morgan fingerprint density at radius 1 is 1.50 bits per heavy atom. The molecule has 0 unspecified atom stereocenters. The third-order valence-electron chi connectivity index (χ3n) is 2.46. The Balaban J connectivity index is 3.15. The van der Waals surface area contributed by atoms with E-state index in [-0.39, 0.29) is 11.3 Å². The van der Waals surface area contributed by atoms with E-state index in [1.165, 1.54) is 23.3 Å². The lowest BCUT2D eigenvalue weighted by Gasteiger charge is -2.09. The smallest absolute Gasteiger partial charge is 0.257 e. The van der Waals surface area contributed by atoms with Crippen molar-refractivity contribution in [1.29, 1.82) is 0 Å². The Kier molecular flexibility index (Phi) is 4.29. The standard InChI is InChI=1S/C11H16N2O2S/c1-7(14)5-6-9-8(2)12-11(16-4)13(3)10(9)15/h5-6H2,1-4H3. The predicted molar refractivity (Wildman–Crippen MR) is 65.0 cm³/mol. The molecule has 0 saturated carbocycles. The highest BCUT2D eigenvalue weighted by atomic mass is 32.2. The Labute approximate surface area is 99.1 Å². The van der Waals surface area contributed by atoms with Crippen LogP contribution in [0.3, 0.4) is 0 Å². The zero-order valence-electron chi connectivity index (χ0n) is 10.0. The molecule has 0 N–H and O–H groups in total. The highest BCUT2D eigenvalue weighted by Gasteiger charge is 2.11. The van der Waals surface area contributed by atoms with Gasteiger partial charge in [-0.15, -0.1) is 0 Å². The number of hydrogen-bond acceptors (Lipinski definition) is 4. The largest absolute Gasteiger partial charge is 0.300 e. The summed E-state index contributed by atoms with van der Waals surface area (Å²) in [6.45, 7) is 3.35. The Morgan fingerprint density at radius 3 is 2.62 bits per heavy atom. The summed E-state index contributed by atoms with van der Waals surface area (Å²) in [4.78, 5) is 27.2. The van der Waals surface area contributed by atoms with Crippen molar-refractivity contribution < 1.29 is 4.79 Å². The molecule has 1 aromatic rings. The number of rotatable bonds is 4. The minimum absolute atomic E-state index is 0.0434. The second-order valence-electron chi connectivity index (χ2n) is 3.73. The number of ketones is 1. The molecule has 16 heavy (non-hydrogen) atoms. The number of thioether (sulfide) groups is 1. The van der Waals surface area contributed by atoms with Gasteiger partial charge in [0.05, 0.1) is 0 Å². The first-order chi connectivity index (χ1) is 7.47. The van der Waals surface area contributed by atoms with Crippen LogP contribution in [0.15, 0.2) is 9.95 Å². The van der Waals surface area contributed by atoms with Crippen molar-refractivity contribution in [3.8, 4) is 0 Å². The van der Waals surface area contributed by atoms with Gasteiger partial charge in [0.1, 0.15) is 5.78 Å². The van der Waals surface area contributed by atoms with E-state index in [0.717, 1.165) is 5.69 Å². The van der Waals surface area contributed by atoms with Crippen LogP contribution >= 0.6 is 11.8 Å². The van der Waals surface area contributed by atoms with Gasteiger partial charge in [-0.3, -0.25) is 9.36 Å². The molecule has 4 nitrogen and oxygen atoms in total. The Hall–Kier alpha value is -1.10. The summed E-state index contributed by atoms with van der Waals surface area (Å²) in [5.41, 5.74) is 1.34. The summed E-state index contributed by atoms with van der Waals surface area (Å²) >= 11 is 1.44. The van der Waals surface area contributed by atoms with E-state index in [4.69, 9.17) is 0 Å². The second kappa shape index (κ2) is 5.30. The average molecular weight is 240 g/mol. The summed E-state index contributed by atoms with van der Waals surface area (Å²) in [6, 6.07) is 0. The molecule has 1 rings (SSSR count). The van der Waals surface area contributed by atoms with Crippen LogP contribution in [0.4, 0.5) is 0 Å². The normalized spacial score (nSPS) is 10.5. The fourth-order valence-electron chi connectivity index (χ4n) is 1.50. The average Bonchev–Trinajstić information content (AvgIpc) is 2.22. The first kappa shape index (κ1) is 13.0. The zero-order chi connectivity index (χ0) is 12.3. The monoisotopic (exact) mass is 240 g/mol. The number of Topliss-reactive ketones (excluding diaryl/α,β-unsaturated/α-hetero) is 1. The maximum Gasteiger partial charge on any atom is 0.257 e. The van der Waals surface area contributed by atoms with Gasteiger partial charge in [-0.25, -0.2) is 4.98 Å². The molecule has 5 heteroatoms. The molecule has 0 bridgehead atoms. The molecule has 0 radical (unpaired) electrons. The molecule has 0 atom stereocenters. The van der Waals surface area contributed by atoms with Gasteiger partial charge < -0.3 is 4.79 Å². The molecule has 1 aromatic heterocycles. The molecule has 0 amide bonds. The first-order valence-electron chi connectivity index (χ1n) is 5.07. The molecule has 0 aliphatic heterocycles. The van der Waals surface area contributed by atoms with Gasteiger partial charge in [0.15, 0.2) is 5.16 Å². The summed E-state index contributed by atoms with van der Waals surface area (Å²) in [5, 5.41) is 0.703. The number of carbonyl (C=O) groups excluding carboxylic acids is 1. The Morgan fingerprint density at radius 2 is 2.12 bits per heavy atom. The summed E-state index contributed by atoms with van der Waals surface area (Å²) in [6.07, 6.45) is 2.77. The van der Waals surface area contributed by atoms with E-state index in [1.807, 2.05) is 13.2 Å². The van der Waals surface area contributed by atoms with Crippen molar-refractivity contribution in [3.05, 3.63) is 21.6 Å². The minimum Gasteiger partial charge on any atom is -0.300 e. The van der Waals surface area contributed by atoms with Crippen molar-refractivity contribution in [1.82, 2.24) is 9.55 Å². The molecule has 0 aliphatic rings. The number of aromatic nitrogens is 2. The van der Waals surface area contributed by atoms with E-state index in [1.54, 1.807) is 7.05 Å². The summed E-state index contributed by atoms with van der Waals surface area (Å²) < 4.78 is 1.53. The summed E-state index contributed by atoms with van der Waals surface area (Å²) in [5.74, 6) is 0.0930. The number of carbonyl (C=O) groups is 1.